The number of fused-ring (bicyclic) bond motifs is 1. The fourth-order valence-corrected chi connectivity index (χ4v) is 6.78. The molecule has 0 saturated heterocycles. The SMILES string of the molecule is CCn1[nH]cc(C(=O)C2CC(C)(C)c3c(Cl)ccc(Cl)c3S2(=O)=O)c1=O. The zero-order valence-corrected chi connectivity index (χ0v) is 16.8. The zero-order chi connectivity index (χ0) is 19.4. The minimum atomic E-state index is -4.10. The van der Waals surface area contributed by atoms with E-state index in [1.165, 1.54) is 16.9 Å². The van der Waals surface area contributed by atoms with Crippen LogP contribution in [0.15, 0.2) is 28.0 Å². The Kier molecular flexibility index (Phi) is 4.61. The number of hydrogen-bond donors (Lipinski definition) is 1. The van der Waals surface area contributed by atoms with Crippen molar-refractivity contribution in [1.29, 1.82) is 0 Å². The van der Waals surface area contributed by atoms with Crippen molar-refractivity contribution >= 4 is 38.8 Å². The monoisotopic (exact) mass is 416 g/mol. The summed E-state index contributed by atoms with van der Waals surface area (Å²) in [5.41, 5.74) is -0.995. The van der Waals surface area contributed by atoms with E-state index in [0.717, 1.165) is 0 Å². The molecule has 1 aliphatic rings. The number of halogens is 2. The first-order valence-corrected chi connectivity index (χ1v) is 10.4. The molecule has 0 saturated carbocycles. The van der Waals surface area contributed by atoms with Gasteiger partial charge in [-0.1, -0.05) is 37.0 Å². The van der Waals surface area contributed by atoms with Crippen LogP contribution in [0.5, 0.6) is 0 Å². The summed E-state index contributed by atoms with van der Waals surface area (Å²) >= 11 is 12.4. The van der Waals surface area contributed by atoms with Crippen LogP contribution in [0.1, 0.15) is 43.1 Å². The van der Waals surface area contributed by atoms with Gasteiger partial charge in [0.2, 0.25) is 0 Å². The number of ketones is 1. The molecule has 1 atom stereocenters. The molecule has 6 nitrogen and oxygen atoms in total. The molecule has 9 heteroatoms. The Balaban J connectivity index is 2.22. The number of Topliss-reactive ketones (excluding diaryl/α,β-unsaturated/α-hetero) is 1. The Morgan fingerprint density at radius 1 is 1.31 bits per heavy atom. The summed E-state index contributed by atoms with van der Waals surface area (Å²) < 4.78 is 27.6. The van der Waals surface area contributed by atoms with Crippen LogP contribution >= 0.6 is 23.2 Å². The number of rotatable bonds is 3. The van der Waals surface area contributed by atoms with Gasteiger partial charge in [0.15, 0.2) is 15.6 Å². The Morgan fingerprint density at radius 3 is 2.50 bits per heavy atom. The third kappa shape index (κ3) is 2.73. The van der Waals surface area contributed by atoms with Gasteiger partial charge in [-0.2, -0.15) is 0 Å². The zero-order valence-electron chi connectivity index (χ0n) is 14.5. The third-order valence-electron chi connectivity index (χ3n) is 4.80. The third-order valence-corrected chi connectivity index (χ3v) is 7.67. The molecule has 26 heavy (non-hydrogen) atoms. The maximum absolute atomic E-state index is 13.2. The first-order chi connectivity index (χ1) is 12.0. The lowest BCUT2D eigenvalue weighted by Crippen LogP contribution is -2.43. The van der Waals surface area contributed by atoms with Crippen molar-refractivity contribution < 1.29 is 13.2 Å². The summed E-state index contributed by atoms with van der Waals surface area (Å²) in [7, 11) is -4.10. The van der Waals surface area contributed by atoms with E-state index in [4.69, 9.17) is 23.2 Å². The van der Waals surface area contributed by atoms with Gasteiger partial charge in [-0.3, -0.25) is 14.3 Å². The summed E-state index contributed by atoms with van der Waals surface area (Å²) in [6.07, 6.45) is 1.27. The first-order valence-electron chi connectivity index (χ1n) is 8.07. The molecule has 2 heterocycles. The van der Waals surface area contributed by atoms with E-state index in [1.54, 1.807) is 13.0 Å². The summed E-state index contributed by atoms with van der Waals surface area (Å²) in [6, 6.07) is 2.96. The molecular formula is C17H18Cl2N2O4S. The smallest absolute Gasteiger partial charge is 0.277 e. The number of H-pyrrole nitrogens is 1. The van der Waals surface area contributed by atoms with Gasteiger partial charge >= 0.3 is 0 Å². The average Bonchev–Trinajstić information content (AvgIpc) is 2.93. The molecule has 1 aromatic heterocycles. The first kappa shape index (κ1) is 19.2. The fraction of sp³-hybridized carbons (Fsp3) is 0.412. The van der Waals surface area contributed by atoms with Crippen LogP contribution in [-0.4, -0.2) is 29.2 Å². The maximum Gasteiger partial charge on any atom is 0.277 e. The van der Waals surface area contributed by atoms with Crippen LogP contribution in [0, 0.1) is 0 Å². The molecule has 0 aliphatic carbocycles. The topological polar surface area (TPSA) is 89.0 Å². The minimum absolute atomic E-state index is 0.0119. The molecule has 0 fully saturated rings. The van der Waals surface area contributed by atoms with Gasteiger partial charge in [0.05, 0.1) is 9.92 Å². The molecule has 1 aliphatic heterocycles. The second kappa shape index (κ2) is 6.25. The number of nitrogens with zero attached hydrogens (tertiary/aromatic N) is 1. The van der Waals surface area contributed by atoms with Gasteiger partial charge in [0.25, 0.3) is 5.56 Å². The van der Waals surface area contributed by atoms with E-state index >= 15 is 0 Å². The number of carbonyl (C=O) groups is 1. The number of benzene rings is 1. The van der Waals surface area contributed by atoms with Crippen LogP contribution in [0.25, 0.3) is 0 Å². The highest BCUT2D eigenvalue weighted by atomic mass is 35.5. The van der Waals surface area contributed by atoms with Gasteiger partial charge in [0, 0.05) is 17.8 Å². The normalized spacial score (nSPS) is 20.6. The number of sulfone groups is 1. The molecule has 1 aromatic carbocycles. The highest BCUT2D eigenvalue weighted by Crippen LogP contribution is 2.48. The Labute approximate surface area is 161 Å². The molecule has 0 spiro atoms. The van der Waals surface area contributed by atoms with E-state index in [1.807, 2.05) is 13.8 Å². The number of aryl methyl sites for hydroxylation is 1. The lowest BCUT2D eigenvalue weighted by molar-refractivity contribution is 0.0973. The summed E-state index contributed by atoms with van der Waals surface area (Å²) in [6.45, 7) is 5.71. The average molecular weight is 417 g/mol. The summed E-state index contributed by atoms with van der Waals surface area (Å²) in [5, 5.41) is 1.59. The van der Waals surface area contributed by atoms with E-state index in [-0.39, 0.29) is 21.9 Å². The molecule has 1 N–H and O–H groups in total. The number of hydrogen-bond acceptors (Lipinski definition) is 4. The summed E-state index contributed by atoms with van der Waals surface area (Å²) in [5.74, 6) is -0.729. The molecule has 0 radical (unpaired) electrons. The van der Waals surface area contributed by atoms with Crippen molar-refractivity contribution in [2.24, 2.45) is 0 Å². The minimum Gasteiger partial charge on any atom is -0.302 e. The van der Waals surface area contributed by atoms with Crippen LogP contribution in [0.4, 0.5) is 0 Å². The molecule has 2 aromatic rings. The molecule has 1 unspecified atom stereocenters. The maximum atomic E-state index is 13.2. The van der Waals surface area contributed by atoms with Gasteiger partial charge < -0.3 is 5.10 Å². The van der Waals surface area contributed by atoms with E-state index in [2.05, 4.69) is 5.10 Å². The van der Waals surface area contributed by atoms with Crippen LogP contribution in [-0.2, 0) is 21.8 Å². The predicted molar refractivity (Wildman–Crippen MR) is 100 cm³/mol. The van der Waals surface area contributed by atoms with Gasteiger partial charge in [0.1, 0.15) is 10.8 Å². The van der Waals surface area contributed by atoms with Crippen LogP contribution in [0.2, 0.25) is 10.0 Å². The number of aromatic amines is 1. The largest absolute Gasteiger partial charge is 0.302 e. The second-order valence-electron chi connectivity index (χ2n) is 6.96. The van der Waals surface area contributed by atoms with E-state index in [0.29, 0.717) is 17.1 Å². The number of aromatic nitrogens is 2. The molecule has 3 rings (SSSR count). The highest BCUT2D eigenvalue weighted by Gasteiger charge is 2.49. The van der Waals surface area contributed by atoms with Gasteiger partial charge in [-0.15, -0.1) is 0 Å². The molecule has 140 valence electrons. The lowest BCUT2D eigenvalue weighted by Gasteiger charge is -2.37. The Bertz CT molecular complexity index is 1070. The van der Waals surface area contributed by atoms with Crippen molar-refractivity contribution in [3.8, 4) is 0 Å². The van der Waals surface area contributed by atoms with Crippen molar-refractivity contribution in [2.45, 2.75) is 49.3 Å². The van der Waals surface area contributed by atoms with Crippen molar-refractivity contribution in [2.75, 3.05) is 0 Å². The van der Waals surface area contributed by atoms with Crippen LogP contribution < -0.4 is 5.56 Å². The lowest BCUT2D eigenvalue weighted by atomic mass is 9.79. The quantitative estimate of drug-likeness (QED) is 0.777. The highest BCUT2D eigenvalue weighted by molar-refractivity contribution is 7.93. The Hall–Kier alpha value is -1.57. The van der Waals surface area contributed by atoms with Gasteiger partial charge in [-0.25, -0.2) is 8.42 Å². The van der Waals surface area contributed by atoms with Crippen molar-refractivity contribution in [3.05, 3.63) is 49.9 Å². The van der Waals surface area contributed by atoms with Crippen molar-refractivity contribution in [3.63, 3.8) is 0 Å². The second-order valence-corrected chi connectivity index (χ2v) is 9.84. The molecule has 0 amide bonds. The molecular weight excluding hydrogens is 399 g/mol. The van der Waals surface area contributed by atoms with Gasteiger partial charge in [-0.05, 0) is 36.5 Å². The molecule has 0 bridgehead atoms. The number of carbonyl (C=O) groups excluding carboxylic acids is 1. The standard InChI is InChI=1S/C17H18Cl2N2O4S/c1-4-21-16(23)9(8-20-21)14(22)12-7-17(2,3)13-10(18)5-6-11(19)15(13)26(12,24)25/h5-6,8,12,20H,4,7H2,1-3H3. The van der Waals surface area contributed by atoms with E-state index in [9.17, 15) is 18.0 Å². The fourth-order valence-electron chi connectivity index (χ4n) is 3.49. The van der Waals surface area contributed by atoms with Crippen LogP contribution in [0.3, 0.4) is 0 Å². The predicted octanol–water partition coefficient (Wildman–Crippen LogP) is 3.21. The van der Waals surface area contributed by atoms with E-state index < -0.39 is 31.8 Å². The van der Waals surface area contributed by atoms with Crippen molar-refractivity contribution in [1.82, 2.24) is 9.78 Å². The number of nitrogens with one attached hydrogen (secondary N) is 1. The summed E-state index contributed by atoms with van der Waals surface area (Å²) in [4.78, 5) is 25.1. The Morgan fingerprint density at radius 2 is 1.92 bits per heavy atom.